The van der Waals surface area contributed by atoms with Crippen molar-refractivity contribution in [3.8, 4) is 0 Å². The van der Waals surface area contributed by atoms with Crippen molar-refractivity contribution in [3.05, 3.63) is 67.6 Å². The van der Waals surface area contributed by atoms with Crippen LogP contribution in [0.3, 0.4) is 0 Å². The Morgan fingerprint density at radius 3 is 2.29 bits per heavy atom. The predicted octanol–water partition coefficient (Wildman–Crippen LogP) is 5.63. The van der Waals surface area contributed by atoms with Gasteiger partial charge >= 0.3 is 0 Å². The van der Waals surface area contributed by atoms with E-state index in [4.69, 9.17) is 11.6 Å². The second kappa shape index (κ2) is 8.33. The Labute approximate surface area is 148 Å². The smallest absolute Gasteiger partial charge is 0.0449 e. The van der Waals surface area contributed by atoms with Crippen molar-refractivity contribution in [1.29, 1.82) is 0 Å². The molecule has 0 saturated heterocycles. The maximum atomic E-state index is 6.33. The topological polar surface area (TPSA) is 12.0 Å². The van der Waals surface area contributed by atoms with Crippen LogP contribution < -0.4 is 5.32 Å². The first kappa shape index (κ1) is 17.0. The van der Waals surface area contributed by atoms with Crippen LogP contribution in [0, 0.1) is 0 Å². The molecule has 0 aliphatic rings. The molecule has 1 atom stereocenters. The van der Waals surface area contributed by atoms with Crippen molar-refractivity contribution < 1.29 is 0 Å². The summed E-state index contributed by atoms with van der Waals surface area (Å²) in [5, 5.41) is 4.38. The van der Waals surface area contributed by atoms with Gasteiger partial charge in [0.25, 0.3) is 0 Å². The molecular weight excluding hydrogens is 413 g/mol. The zero-order chi connectivity index (χ0) is 15.2. The number of benzene rings is 2. The van der Waals surface area contributed by atoms with Gasteiger partial charge in [0.2, 0.25) is 0 Å². The minimum Gasteiger partial charge on any atom is -0.314 e. The van der Waals surface area contributed by atoms with Crippen LogP contribution in [0.5, 0.6) is 0 Å². The van der Waals surface area contributed by atoms with Crippen molar-refractivity contribution in [2.24, 2.45) is 0 Å². The summed E-state index contributed by atoms with van der Waals surface area (Å²) in [6, 6.07) is 15.0. The SMILES string of the molecule is CCNC(Cc1ccc(Br)cc1)Cc1ccc(Br)cc1Cl. The van der Waals surface area contributed by atoms with E-state index >= 15 is 0 Å². The van der Waals surface area contributed by atoms with Gasteiger partial charge in [-0.1, -0.05) is 68.6 Å². The maximum Gasteiger partial charge on any atom is 0.0449 e. The lowest BCUT2D eigenvalue weighted by atomic mass is 9.99. The van der Waals surface area contributed by atoms with Gasteiger partial charge < -0.3 is 5.32 Å². The molecular formula is C17H18Br2ClN. The van der Waals surface area contributed by atoms with Crippen molar-refractivity contribution in [3.63, 3.8) is 0 Å². The fraction of sp³-hybridized carbons (Fsp3) is 0.294. The minimum atomic E-state index is 0.384. The zero-order valence-electron chi connectivity index (χ0n) is 11.9. The van der Waals surface area contributed by atoms with Crippen molar-refractivity contribution in [2.45, 2.75) is 25.8 Å². The molecule has 1 unspecified atom stereocenters. The Bertz CT molecular complexity index is 584. The van der Waals surface area contributed by atoms with Crippen LogP contribution >= 0.6 is 43.5 Å². The van der Waals surface area contributed by atoms with Gasteiger partial charge in [-0.15, -0.1) is 0 Å². The molecule has 0 amide bonds. The van der Waals surface area contributed by atoms with E-state index in [2.05, 4.69) is 74.4 Å². The van der Waals surface area contributed by atoms with Crippen LogP contribution in [-0.4, -0.2) is 12.6 Å². The zero-order valence-corrected chi connectivity index (χ0v) is 15.8. The van der Waals surface area contributed by atoms with E-state index in [0.29, 0.717) is 6.04 Å². The molecule has 21 heavy (non-hydrogen) atoms. The highest BCUT2D eigenvalue weighted by Gasteiger charge is 2.12. The van der Waals surface area contributed by atoms with E-state index in [1.54, 1.807) is 0 Å². The summed E-state index contributed by atoms with van der Waals surface area (Å²) >= 11 is 13.3. The Balaban J connectivity index is 2.09. The standard InChI is InChI=1S/C17H18Br2ClN/c1-2-21-16(9-12-3-6-14(18)7-4-12)10-13-5-8-15(19)11-17(13)20/h3-8,11,16,21H,2,9-10H2,1H3. The Morgan fingerprint density at radius 2 is 1.67 bits per heavy atom. The molecule has 112 valence electrons. The summed E-state index contributed by atoms with van der Waals surface area (Å²) in [6.45, 7) is 3.09. The van der Waals surface area contributed by atoms with Gasteiger partial charge in [-0.25, -0.2) is 0 Å². The Kier molecular flexibility index (Phi) is 6.74. The van der Waals surface area contributed by atoms with Gasteiger partial charge in [0.1, 0.15) is 0 Å². The molecule has 0 radical (unpaired) electrons. The molecule has 4 heteroatoms. The Hall–Kier alpha value is -0.350. The first-order chi connectivity index (χ1) is 10.1. The molecule has 2 aromatic rings. The van der Waals surface area contributed by atoms with E-state index in [1.807, 2.05) is 12.1 Å². The summed E-state index contributed by atoms with van der Waals surface area (Å²) < 4.78 is 2.13. The molecule has 0 spiro atoms. The largest absolute Gasteiger partial charge is 0.314 e. The molecule has 0 saturated carbocycles. The molecule has 0 aromatic heterocycles. The van der Waals surface area contributed by atoms with Crippen molar-refractivity contribution in [1.82, 2.24) is 5.32 Å². The summed E-state index contributed by atoms with van der Waals surface area (Å²) in [5.74, 6) is 0. The van der Waals surface area contributed by atoms with Gasteiger partial charge in [0.05, 0.1) is 0 Å². The minimum absolute atomic E-state index is 0.384. The summed E-state index contributed by atoms with van der Waals surface area (Å²) in [6.07, 6.45) is 1.92. The van der Waals surface area contributed by atoms with Crippen LogP contribution in [0.2, 0.25) is 5.02 Å². The first-order valence-electron chi connectivity index (χ1n) is 7.00. The first-order valence-corrected chi connectivity index (χ1v) is 8.96. The number of hydrogen-bond donors (Lipinski definition) is 1. The third kappa shape index (κ3) is 5.41. The summed E-state index contributed by atoms with van der Waals surface area (Å²) in [4.78, 5) is 0. The quantitative estimate of drug-likeness (QED) is 0.625. The van der Waals surface area contributed by atoms with E-state index in [1.165, 1.54) is 11.1 Å². The van der Waals surface area contributed by atoms with Crippen LogP contribution in [0.1, 0.15) is 18.1 Å². The highest BCUT2D eigenvalue weighted by Crippen LogP contribution is 2.23. The number of nitrogens with one attached hydrogen (secondary N) is 1. The van der Waals surface area contributed by atoms with Crippen LogP contribution in [0.25, 0.3) is 0 Å². The normalized spacial score (nSPS) is 12.4. The van der Waals surface area contributed by atoms with E-state index < -0.39 is 0 Å². The van der Waals surface area contributed by atoms with Gasteiger partial charge in [-0.05, 0) is 54.8 Å². The lowest BCUT2D eigenvalue weighted by Gasteiger charge is -2.19. The highest BCUT2D eigenvalue weighted by atomic mass is 79.9. The van der Waals surface area contributed by atoms with Crippen molar-refractivity contribution >= 4 is 43.5 Å². The number of rotatable bonds is 6. The maximum absolute atomic E-state index is 6.33. The third-order valence-corrected chi connectivity index (χ3v) is 4.74. The van der Waals surface area contributed by atoms with Crippen molar-refractivity contribution in [2.75, 3.05) is 6.54 Å². The monoisotopic (exact) mass is 429 g/mol. The second-order valence-electron chi connectivity index (χ2n) is 5.03. The van der Waals surface area contributed by atoms with E-state index in [9.17, 15) is 0 Å². The molecule has 1 N–H and O–H groups in total. The third-order valence-electron chi connectivity index (χ3n) is 3.37. The molecule has 0 heterocycles. The fourth-order valence-electron chi connectivity index (χ4n) is 2.36. The van der Waals surface area contributed by atoms with Gasteiger partial charge in [-0.3, -0.25) is 0 Å². The summed E-state index contributed by atoms with van der Waals surface area (Å²) in [7, 11) is 0. The van der Waals surface area contributed by atoms with Crippen LogP contribution in [0.15, 0.2) is 51.4 Å². The molecule has 0 fully saturated rings. The molecule has 0 bridgehead atoms. The molecule has 0 aliphatic heterocycles. The molecule has 2 aromatic carbocycles. The van der Waals surface area contributed by atoms with Crippen LogP contribution in [0.4, 0.5) is 0 Å². The Morgan fingerprint density at radius 1 is 1.00 bits per heavy atom. The van der Waals surface area contributed by atoms with Crippen LogP contribution in [-0.2, 0) is 12.8 Å². The average Bonchev–Trinajstić information content (AvgIpc) is 2.44. The highest BCUT2D eigenvalue weighted by molar-refractivity contribution is 9.10. The lowest BCUT2D eigenvalue weighted by molar-refractivity contribution is 0.521. The van der Waals surface area contributed by atoms with E-state index in [0.717, 1.165) is 33.4 Å². The molecule has 2 rings (SSSR count). The number of likely N-dealkylation sites (N-methyl/N-ethyl adjacent to an activating group) is 1. The number of hydrogen-bond acceptors (Lipinski definition) is 1. The van der Waals surface area contributed by atoms with Gasteiger partial charge in [-0.2, -0.15) is 0 Å². The fourth-order valence-corrected chi connectivity index (χ4v) is 3.38. The summed E-state index contributed by atoms with van der Waals surface area (Å²) in [5.41, 5.74) is 2.51. The lowest BCUT2D eigenvalue weighted by Crippen LogP contribution is -2.33. The van der Waals surface area contributed by atoms with Gasteiger partial charge in [0, 0.05) is 20.0 Å². The average molecular weight is 432 g/mol. The number of halogens is 3. The molecule has 0 aliphatic carbocycles. The second-order valence-corrected chi connectivity index (χ2v) is 7.26. The molecule has 1 nitrogen and oxygen atoms in total. The predicted molar refractivity (Wildman–Crippen MR) is 98.2 cm³/mol. The van der Waals surface area contributed by atoms with Gasteiger partial charge in [0.15, 0.2) is 0 Å². The van der Waals surface area contributed by atoms with E-state index in [-0.39, 0.29) is 0 Å².